The number of benzene rings is 1. The average molecular weight is 364 g/mol. The van der Waals surface area contributed by atoms with E-state index in [-0.39, 0.29) is 5.69 Å². The van der Waals surface area contributed by atoms with Crippen LogP contribution in [0.4, 0.5) is 0 Å². The SMILES string of the molecule is CN(C)CCn1c2c(c(SCc3ccc(Cl)cc3)nc1=O)CCC2. The van der Waals surface area contributed by atoms with Crippen LogP contribution in [0, 0.1) is 0 Å². The van der Waals surface area contributed by atoms with Gasteiger partial charge in [0, 0.05) is 35.1 Å². The predicted molar refractivity (Wildman–Crippen MR) is 100 cm³/mol. The van der Waals surface area contributed by atoms with E-state index < -0.39 is 0 Å². The highest BCUT2D eigenvalue weighted by Crippen LogP contribution is 2.31. The molecule has 128 valence electrons. The Hall–Kier alpha value is -1.30. The van der Waals surface area contributed by atoms with Gasteiger partial charge in [0.25, 0.3) is 0 Å². The second kappa shape index (κ2) is 7.72. The van der Waals surface area contributed by atoms with Crippen molar-refractivity contribution in [2.24, 2.45) is 0 Å². The van der Waals surface area contributed by atoms with E-state index in [2.05, 4.69) is 9.88 Å². The number of hydrogen-bond acceptors (Lipinski definition) is 4. The molecule has 1 aliphatic rings. The van der Waals surface area contributed by atoms with Crippen LogP contribution in [0.25, 0.3) is 0 Å². The summed E-state index contributed by atoms with van der Waals surface area (Å²) < 4.78 is 1.87. The van der Waals surface area contributed by atoms with Crippen LogP contribution in [-0.4, -0.2) is 35.1 Å². The summed E-state index contributed by atoms with van der Waals surface area (Å²) in [4.78, 5) is 18.9. The lowest BCUT2D eigenvalue weighted by Crippen LogP contribution is -2.31. The van der Waals surface area contributed by atoms with E-state index >= 15 is 0 Å². The van der Waals surface area contributed by atoms with Gasteiger partial charge in [-0.05, 0) is 51.1 Å². The molecule has 0 N–H and O–H groups in total. The van der Waals surface area contributed by atoms with E-state index in [1.165, 1.54) is 16.8 Å². The monoisotopic (exact) mass is 363 g/mol. The van der Waals surface area contributed by atoms with Gasteiger partial charge in [0.05, 0.1) is 0 Å². The minimum Gasteiger partial charge on any atom is -0.308 e. The summed E-state index contributed by atoms with van der Waals surface area (Å²) in [5, 5.41) is 1.65. The highest BCUT2D eigenvalue weighted by Gasteiger charge is 2.21. The van der Waals surface area contributed by atoms with Crippen molar-refractivity contribution in [2.75, 3.05) is 20.6 Å². The van der Waals surface area contributed by atoms with Gasteiger partial charge in [-0.15, -0.1) is 11.8 Å². The van der Waals surface area contributed by atoms with E-state index in [1.54, 1.807) is 11.8 Å². The fourth-order valence-electron chi connectivity index (χ4n) is 2.97. The maximum Gasteiger partial charge on any atom is 0.348 e. The fraction of sp³-hybridized carbons (Fsp3) is 0.444. The van der Waals surface area contributed by atoms with Crippen molar-refractivity contribution in [3.05, 3.63) is 56.6 Å². The van der Waals surface area contributed by atoms with Gasteiger partial charge in [-0.2, -0.15) is 4.98 Å². The molecule has 4 nitrogen and oxygen atoms in total. The summed E-state index contributed by atoms with van der Waals surface area (Å²) in [6, 6.07) is 7.84. The highest BCUT2D eigenvalue weighted by atomic mass is 35.5. The standard InChI is InChI=1S/C18H22ClN3OS/c1-21(2)10-11-22-16-5-3-4-15(16)17(20-18(22)23)24-12-13-6-8-14(19)9-7-13/h6-9H,3-5,10-12H2,1-2H3. The topological polar surface area (TPSA) is 38.1 Å². The number of aromatic nitrogens is 2. The summed E-state index contributed by atoms with van der Waals surface area (Å²) in [5.74, 6) is 0.803. The van der Waals surface area contributed by atoms with Gasteiger partial charge in [0.2, 0.25) is 0 Å². The molecule has 0 aliphatic heterocycles. The first-order valence-corrected chi connectivity index (χ1v) is 9.55. The molecule has 0 unspecified atom stereocenters. The minimum absolute atomic E-state index is 0.115. The van der Waals surface area contributed by atoms with Gasteiger partial charge in [-0.1, -0.05) is 23.7 Å². The van der Waals surface area contributed by atoms with Crippen LogP contribution >= 0.6 is 23.4 Å². The van der Waals surface area contributed by atoms with Crippen molar-refractivity contribution < 1.29 is 0 Å². The van der Waals surface area contributed by atoms with Crippen LogP contribution in [0.2, 0.25) is 5.02 Å². The van der Waals surface area contributed by atoms with Crippen molar-refractivity contribution in [2.45, 2.75) is 36.6 Å². The summed E-state index contributed by atoms with van der Waals surface area (Å²) in [5.41, 5.74) is 3.54. The highest BCUT2D eigenvalue weighted by molar-refractivity contribution is 7.98. The first kappa shape index (κ1) is 17.5. The Morgan fingerprint density at radius 1 is 1.25 bits per heavy atom. The third-order valence-corrected chi connectivity index (χ3v) is 5.60. The normalized spacial score (nSPS) is 13.5. The predicted octanol–water partition coefficient (Wildman–Crippen LogP) is 3.24. The Morgan fingerprint density at radius 3 is 2.71 bits per heavy atom. The van der Waals surface area contributed by atoms with Crippen LogP contribution in [0.1, 0.15) is 23.2 Å². The third-order valence-electron chi connectivity index (χ3n) is 4.26. The van der Waals surface area contributed by atoms with Crippen LogP contribution in [-0.2, 0) is 25.1 Å². The van der Waals surface area contributed by atoms with Crippen LogP contribution in [0.15, 0.2) is 34.1 Å². The molecule has 1 aromatic heterocycles. The molecule has 0 spiro atoms. The van der Waals surface area contributed by atoms with Crippen LogP contribution < -0.4 is 5.69 Å². The number of fused-ring (bicyclic) bond motifs is 1. The largest absolute Gasteiger partial charge is 0.348 e. The number of halogens is 1. The smallest absolute Gasteiger partial charge is 0.308 e. The van der Waals surface area contributed by atoms with Crippen molar-refractivity contribution in [3.8, 4) is 0 Å². The van der Waals surface area contributed by atoms with Crippen molar-refractivity contribution in [1.82, 2.24) is 14.5 Å². The Morgan fingerprint density at radius 2 is 2.00 bits per heavy atom. The van der Waals surface area contributed by atoms with Crippen LogP contribution in [0.3, 0.4) is 0 Å². The quantitative estimate of drug-likeness (QED) is 0.583. The maximum absolute atomic E-state index is 12.5. The second-order valence-electron chi connectivity index (χ2n) is 6.35. The molecule has 0 fully saturated rings. The Balaban J connectivity index is 1.81. The fourth-order valence-corrected chi connectivity index (χ4v) is 4.13. The van der Waals surface area contributed by atoms with E-state index in [1.807, 2.05) is 42.9 Å². The molecule has 6 heteroatoms. The molecule has 0 saturated carbocycles. The molecule has 0 bridgehead atoms. The molecule has 1 aliphatic carbocycles. The Bertz CT molecular complexity index is 771. The molecule has 0 amide bonds. The van der Waals surface area contributed by atoms with E-state index in [0.29, 0.717) is 6.54 Å². The third kappa shape index (κ3) is 4.02. The molecule has 0 radical (unpaired) electrons. The molecule has 1 aromatic carbocycles. The zero-order chi connectivity index (χ0) is 17.1. The number of likely N-dealkylation sites (N-methyl/N-ethyl adjacent to an activating group) is 1. The average Bonchev–Trinajstić information content (AvgIpc) is 3.03. The molecular weight excluding hydrogens is 342 g/mol. The van der Waals surface area contributed by atoms with Gasteiger partial charge in [0.15, 0.2) is 0 Å². The van der Waals surface area contributed by atoms with Crippen molar-refractivity contribution >= 4 is 23.4 Å². The number of hydrogen-bond donors (Lipinski definition) is 0. The Labute approximate surface area is 151 Å². The number of nitrogens with zero attached hydrogens (tertiary/aromatic N) is 3. The lowest BCUT2D eigenvalue weighted by Gasteiger charge is -2.16. The van der Waals surface area contributed by atoms with E-state index in [9.17, 15) is 4.79 Å². The van der Waals surface area contributed by atoms with Gasteiger partial charge in [-0.3, -0.25) is 4.57 Å². The second-order valence-corrected chi connectivity index (χ2v) is 7.75. The zero-order valence-electron chi connectivity index (χ0n) is 14.1. The zero-order valence-corrected chi connectivity index (χ0v) is 15.7. The van der Waals surface area contributed by atoms with Crippen LogP contribution in [0.5, 0.6) is 0 Å². The Kier molecular flexibility index (Phi) is 5.64. The molecular formula is C18H22ClN3OS. The molecule has 24 heavy (non-hydrogen) atoms. The van der Waals surface area contributed by atoms with Gasteiger partial charge < -0.3 is 4.90 Å². The molecule has 1 heterocycles. The summed E-state index contributed by atoms with van der Waals surface area (Å²) in [6.07, 6.45) is 3.11. The molecule has 0 saturated heterocycles. The van der Waals surface area contributed by atoms with Gasteiger partial charge in [0.1, 0.15) is 5.03 Å². The number of rotatable bonds is 6. The molecule has 2 aromatic rings. The molecule has 0 atom stereocenters. The summed E-state index contributed by atoms with van der Waals surface area (Å²) in [7, 11) is 4.05. The first-order valence-electron chi connectivity index (χ1n) is 8.19. The summed E-state index contributed by atoms with van der Waals surface area (Å²) >= 11 is 7.58. The maximum atomic E-state index is 12.5. The van der Waals surface area contributed by atoms with Gasteiger partial charge >= 0.3 is 5.69 Å². The number of thioether (sulfide) groups is 1. The lowest BCUT2D eigenvalue weighted by molar-refractivity contribution is 0.375. The van der Waals surface area contributed by atoms with Crippen molar-refractivity contribution in [1.29, 1.82) is 0 Å². The first-order chi connectivity index (χ1) is 11.5. The lowest BCUT2D eigenvalue weighted by atomic mass is 10.2. The minimum atomic E-state index is -0.115. The summed E-state index contributed by atoms with van der Waals surface area (Å²) in [6.45, 7) is 1.56. The van der Waals surface area contributed by atoms with E-state index in [0.717, 1.165) is 41.6 Å². The van der Waals surface area contributed by atoms with E-state index in [4.69, 9.17) is 11.6 Å². The van der Waals surface area contributed by atoms with Gasteiger partial charge in [-0.25, -0.2) is 4.79 Å². The molecule has 3 rings (SSSR count). The van der Waals surface area contributed by atoms with Crippen molar-refractivity contribution in [3.63, 3.8) is 0 Å².